The van der Waals surface area contributed by atoms with Crippen LogP contribution in [-0.2, 0) is 14.3 Å². The molecule has 5 aliphatic rings. The molecule has 0 unspecified atom stereocenters. The molecular weight excluding hydrogens is 336 g/mol. The summed E-state index contributed by atoms with van der Waals surface area (Å²) < 4.78 is 5.55. The zero-order valence-corrected chi connectivity index (χ0v) is 17.2. The molecular formula is C24H34O3. The number of ether oxygens (including phenoxy) is 1. The number of hydrogen-bond acceptors (Lipinski definition) is 3. The van der Waals surface area contributed by atoms with Gasteiger partial charge in [0.05, 0.1) is 0 Å². The molecule has 1 spiro atoms. The van der Waals surface area contributed by atoms with Gasteiger partial charge < -0.3 is 4.74 Å². The normalized spacial score (nSPS) is 47.4. The van der Waals surface area contributed by atoms with E-state index < -0.39 is 0 Å². The lowest BCUT2D eigenvalue weighted by atomic mass is 9.43. The monoisotopic (exact) mass is 370 g/mol. The van der Waals surface area contributed by atoms with E-state index in [0.29, 0.717) is 22.0 Å². The van der Waals surface area contributed by atoms with Crippen LogP contribution >= 0.6 is 0 Å². The van der Waals surface area contributed by atoms with E-state index >= 15 is 0 Å². The summed E-state index contributed by atoms with van der Waals surface area (Å²) >= 11 is 0. The molecule has 27 heavy (non-hydrogen) atoms. The van der Waals surface area contributed by atoms with Gasteiger partial charge >= 0.3 is 5.97 Å². The number of carbonyl (C=O) groups is 2. The molecule has 4 saturated carbocycles. The number of esters is 1. The van der Waals surface area contributed by atoms with Gasteiger partial charge in [0.1, 0.15) is 11.9 Å². The van der Waals surface area contributed by atoms with Crippen molar-refractivity contribution in [2.45, 2.75) is 91.1 Å². The molecule has 5 aliphatic carbocycles. The van der Waals surface area contributed by atoms with Gasteiger partial charge in [-0.2, -0.15) is 0 Å². The average Bonchev–Trinajstić information content (AvgIpc) is 2.88. The quantitative estimate of drug-likeness (QED) is 0.469. The van der Waals surface area contributed by atoms with Crippen LogP contribution in [-0.4, -0.2) is 17.9 Å². The van der Waals surface area contributed by atoms with Crippen LogP contribution < -0.4 is 0 Å². The highest BCUT2D eigenvalue weighted by Crippen LogP contribution is 2.73. The first kappa shape index (κ1) is 17.9. The summed E-state index contributed by atoms with van der Waals surface area (Å²) in [6.07, 6.45) is 13.9. The second-order valence-electron chi connectivity index (χ2n) is 10.9. The number of carbonyl (C=O) groups excluding carboxylic acids is 2. The van der Waals surface area contributed by atoms with Crippen molar-refractivity contribution in [2.24, 2.45) is 34.0 Å². The first-order valence-corrected chi connectivity index (χ1v) is 11.2. The van der Waals surface area contributed by atoms with E-state index in [2.05, 4.69) is 19.9 Å². The van der Waals surface area contributed by atoms with Crippen molar-refractivity contribution in [2.75, 3.05) is 0 Å². The van der Waals surface area contributed by atoms with E-state index in [0.717, 1.165) is 49.9 Å². The van der Waals surface area contributed by atoms with Crippen LogP contribution in [0.25, 0.3) is 0 Å². The van der Waals surface area contributed by atoms with Gasteiger partial charge in [-0.3, -0.25) is 9.59 Å². The Morgan fingerprint density at radius 2 is 1.81 bits per heavy atom. The van der Waals surface area contributed by atoms with E-state index in [1.165, 1.54) is 39.0 Å². The molecule has 0 amide bonds. The summed E-state index contributed by atoms with van der Waals surface area (Å²) in [6, 6.07) is 0. The lowest BCUT2D eigenvalue weighted by molar-refractivity contribution is -0.151. The molecule has 0 N–H and O–H groups in total. The molecule has 0 aromatic rings. The summed E-state index contributed by atoms with van der Waals surface area (Å²) in [6.45, 7) is 6.56. The molecule has 4 fully saturated rings. The second-order valence-corrected chi connectivity index (χ2v) is 10.9. The molecule has 0 aliphatic heterocycles. The van der Waals surface area contributed by atoms with Crippen molar-refractivity contribution in [1.29, 1.82) is 0 Å². The Kier molecular flexibility index (Phi) is 3.79. The summed E-state index contributed by atoms with van der Waals surface area (Å²) in [7, 11) is 0. The van der Waals surface area contributed by atoms with Gasteiger partial charge in [-0.05, 0) is 78.9 Å². The zero-order chi connectivity index (χ0) is 19.0. The molecule has 6 atom stereocenters. The van der Waals surface area contributed by atoms with E-state index in [9.17, 15) is 9.59 Å². The number of rotatable bonds is 1. The Hall–Kier alpha value is -1.12. The second kappa shape index (κ2) is 5.70. The number of fused-ring (bicyclic) bond motifs is 6. The number of ketones is 1. The molecule has 0 aromatic carbocycles. The standard InChI is InChI=1S/C24H34O3/c1-15(25)27-18-6-9-22(2)16(12-18)4-5-19-20(22)7-10-23(3)21(19)8-11-24(23)13-17(26)14-24/h4,18-21H,5-14H2,1-3H3/t18-,19+,20-,21-,22-,23-/m0/s1. The predicted molar refractivity (Wildman–Crippen MR) is 104 cm³/mol. The van der Waals surface area contributed by atoms with E-state index in [1.54, 1.807) is 5.57 Å². The molecule has 0 radical (unpaired) electrons. The summed E-state index contributed by atoms with van der Waals surface area (Å²) in [4.78, 5) is 23.3. The van der Waals surface area contributed by atoms with Gasteiger partial charge in [-0.25, -0.2) is 0 Å². The molecule has 0 saturated heterocycles. The Balaban J connectivity index is 1.41. The maximum Gasteiger partial charge on any atom is 0.302 e. The summed E-state index contributed by atoms with van der Waals surface area (Å²) in [5, 5.41) is 0. The van der Waals surface area contributed by atoms with Crippen molar-refractivity contribution < 1.29 is 14.3 Å². The molecule has 3 nitrogen and oxygen atoms in total. The molecule has 0 bridgehead atoms. The van der Waals surface area contributed by atoms with Crippen LogP contribution in [0.2, 0.25) is 0 Å². The van der Waals surface area contributed by atoms with Gasteiger partial charge in [0.2, 0.25) is 0 Å². The van der Waals surface area contributed by atoms with E-state index in [-0.39, 0.29) is 12.1 Å². The Labute approximate surface area is 163 Å². The smallest absolute Gasteiger partial charge is 0.302 e. The fraction of sp³-hybridized carbons (Fsp3) is 0.833. The van der Waals surface area contributed by atoms with Crippen molar-refractivity contribution in [1.82, 2.24) is 0 Å². The Morgan fingerprint density at radius 1 is 1.07 bits per heavy atom. The topological polar surface area (TPSA) is 43.4 Å². The first-order chi connectivity index (χ1) is 12.8. The fourth-order valence-corrected chi connectivity index (χ4v) is 8.47. The summed E-state index contributed by atoms with van der Waals surface area (Å²) in [5.74, 6) is 2.72. The average molecular weight is 371 g/mol. The lowest BCUT2D eigenvalue weighted by Gasteiger charge is -2.61. The Bertz CT molecular complexity index is 713. The highest BCUT2D eigenvalue weighted by Gasteiger charge is 2.66. The number of Topliss-reactive ketones (excluding diaryl/α,β-unsaturated/α-hetero) is 1. The minimum absolute atomic E-state index is 0.0861. The lowest BCUT2D eigenvalue weighted by Crippen LogP contribution is -2.55. The van der Waals surface area contributed by atoms with Gasteiger partial charge in [-0.1, -0.05) is 25.5 Å². The van der Waals surface area contributed by atoms with Gasteiger partial charge in [0.15, 0.2) is 0 Å². The molecule has 0 heterocycles. The van der Waals surface area contributed by atoms with Gasteiger partial charge in [-0.15, -0.1) is 0 Å². The first-order valence-electron chi connectivity index (χ1n) is 11.2. The Morgan fingerprint density at radius 3 is 2.52 bits per heavy atom. The highest BCUT2D eigenvalue weighted by molar-refractivity contribution is 5.86. The SMILES string of the molecule is CC(=O)O[C@H]1CC[C@@]2(C)C(=CC[C@@H]3[C@@H]2CC[C@@]2(C)[C@H]3CCC23CC(=O)C3)C1. The van der Waals surface area contributed by atoms with Crippen molar-refractivity contribution >= 4 is 11.8 Å². The van der Waals surface area contributed by atoms with Crippen LogP contribution in [0.3, 0.4) is 0 Å². The number of hydrogen-bond donors (Lipinski definition) is 0. The van der Waals surface area contributed by atoms with Crippen molar-refractivity contribution in [3.8, 4) is 0 Å². The third-order valence-corrected chi connectivity index (χ3v) is 10.00. The van der Waals surface area contributed by atoms with Crippen LogP contribution in [0.15, 0.2) is 11.6 Å². The summed E-state index contributed by atoms with van der Waals surface area (Å²) in [5.41, 5.74) is 2.60. The van der Waals surface area contributed by atoms with Gasteiger partial charge in [0.25, 0.3) is 0 Å². The maximum absolute atomic E-state index is 11.9. The largest absolute Gasteiger partial charge is 0.462 e. The van der Waals surface area contributed by atoms with Crippen LogP contribution in [0.5, 0.6) is 0 Å². The maximum atomic E-state index is 11.9. The third kappa shape index (κ3) is 2.32. The van der Waals surface area contributed by atoms with E-state index in [4.69, 9.17) is 4.74 Å². The molecule has 5 rings (SSSR count). The van der Waals surface area contributed by atoms with Crippen molar-refractivity contribution in [3.63, 3.8) is 0 Å². The minimum Gasteiger partial charge on any atom is -0.462 e. The van der Waals surface area contributed by atoms with E-state index in [1.807, 2.05) is 0 Å². The zero-order valence-electron chi connectivity index (χ0n) is 17.2. The predicted octanol–water partition coefficient (Wildman–Crippen LogP) is 5.23. The highest BCUT2D eigenvalue weighted by atomic mass is 16.5. The van der Waals surface area contributed by atoms with Crippen LogP contribution in [0, 0.1) is 34.0 Å². The third-order valence-electron chi connectivity index (χ3n) is 10.00. The number of allylic oxidation sites excluding steroid dienone is 1. The van der Waals surface area contributed by atoms with Crippen LogP contribution in [0.4, 0.5) is 0 Å². The minimum atomic E-state index is -0.141. The van der Waals surface area contributed by atoms with Crippen molar-refractivity contribution in [3.05, 3.63) is 11.6 Å². The fourth-order valence-electron chi connectivity index (χ4n) is 8.47. The molecule has 148 valence electrons. The molecule has 0 aromatic heterocycles. The van der Waals surface area contributed by atoms with Gasteiger partial charge in [0, 0.05) is 26.2 Å². The molecule has 3 heteroatoms. The van der Waals surface area contributed by atoms with Crippen LogP contribution in [0.1, 0.15) is 85.0 Å².